The Morgan fingerprint density at radius 1 is 1.60 bits per heavy atom. The Labute approximate surface area is 66.4 Å². The van der Waals surface area contributed by atoms with E-state index < -0.39 is 0 Å². The molecule has 2 atom stereocenters. The largest absolute Gasteiger partial charge is 0.310 e. The Bertz CT molecular complexity index is 165. The highest BCUT2D eigenvalue weighted by atomic mass is 35.5. The van der Waals surface area contributed by atoms with Crippen molar-refractivity contribution in [1.29, 1.82) is 0 Å². The van der Waals surface area contributed by atoms with Gasteiger partial charge in [-0.05, 0) is 31.7 Å². The molecule has 0 radical (unpaired) electrons. The minimum Gasteiger partial charge on any atom is -0.310 e. The smallest absolute Gasteiger partial charge is 0.0266 e. The van der Waals surface area contributed by atoms with Crippen LogP contribution >= 0.6 is 11.6 Å². The lowest BCUT2D eigenvalue weighted by Crippen LogP contribution is -2.38. The molecule has 1 nitrogen and oxygen atoms in total. The number of nitrogens with one attached hydrogen (secondary N) is 1. The van der Waals surface area contributed by atoms with Gasteiger partial charge in [-0.2, -0.15) is 0 Å². The van der Waals surface area contributed by atoms with Crippen LogP contribution in [0.5, 0.6) is 0 Å². The summed E-state index contributed by atoms with van der Waals surface area (Å²) in [6, 6.07) is 0.583. The van der Waals surface area contributed by atoms with Crippen molar-refractivity contribution in [2.24, 2.45) is 5.92 Å². The molecule has 0 unspecified atom stereocenters. The van der Waals surface area contributed by atoms with Crippen LogP contribution in [0.15, 0.2) is 11.1 Å². The second-order valence-electron chi connectivity index (χ2n) is 3.27. The third-order valence-electron chi connectivity index (χ3n) is 2.41. The average Bonchev–Trinajstić information content (AvgIpc) is 1.85. The van der Waals surface area contributed by atoms with Gasteiger partial charge < -0.3 is 5.32 Å². The molecule has 0 saturated carbocycles. The van der Waals surface area contributed by atoms with Crippen LogP contribution in [0.4, 0.5) is 0 Å². The minimum absolute atomic E-state index is 0.583. The third-order valence-corrected chi connectivity index (χ3v) is 2.69. The number of hydrogen-bond acceptors (Lipinski definition) is 1. The molecule has 1 N–H and O–H groups in total. The van der Waals surface area contributed by atoms with E-state index in [1.807, 2.05) is 0 Å². The lowest BCUT2D eigenvalue weighted by Gasteiger charge is -2.32. The highest BCUT2D eigenvalue weighted by molar-refractivity contribution is 6.29. The van der Waals surface area contributed by atoms with Gasteiger partial charge in [0, 0.05) is 11.1 Å². The Morgan fingerprint density at radius 2 is 2.50 bits per heavy atom. The Morgan fingerprint density at radius 3 is 3.30 bits per heavy atom. The summed E-state index contributed by atoms with van der Waals surface area (Å²) in [4.78, 5) is 0. The quantitative estimate of drug-likeness (QED) is 0.566. The first kappa shape index (κ1) is 6.68. The summed E-state index contributed by atoms with van der Waals surface area (Å²) >= 11 is 5.94. The molecule has 2 rings (SSSR count). The molecule has 2 aliphatic rings. The van der Waals surface area contributed by atoms with E-state index >= 15 is 0 Å². The molecule has 10 heavy (non-hydrogen) atoms. The maximum Gasteiger partial charge on any atom is 0.0266 e. The van der Waals surface area contributed by atoms with Gasteiger partial charge in [-0.3, -0.25) is 0 Å². The fraction of sp³-hybridized carbons (Fsp3) is 0.750. The normalized spacial score (nSPS) is 39.1. The number of allylic oxidation sites excluding steroid dienone is 1. The highest BCUT2D eigenvalue weighted by Gasteiger charge is 2.24. The molecule has 0 spiro atoms. The Hall–Kier alpha value is -0.0100. The van der Waals surface area contributed by atoms with E-state index in [9.17, 15) is 0 Å². The van der Waals surface area contributed by atoms with Crippen LogP contribution in [-0.2, 0) is 0 Å². The second kappa shape index (κ2) is 2.55. The number of piperidine rings is 1. The summed E-state index contributed by atoms with van der Waals surface area (Å²) in [6.45, 7) is 1.18. The van der Waals surface area contributed by atoms with Crippen molar-refractivity contribution in [1.82, 2.24) is 5.32 Å². The fourth-order valence-electron chi connectivity index (χ4n) is 1.91. The average molecular weight is 158 g/mol. The monoisotopic (exact) mass is 157 g/mol. The molecule has 0 aromatic rings. The Balaban J connectivity index is 2.14. The predicted molar refractivity (Wildman–Crippen MR) is 43.1 cm³/mol. The molecule has 2 bridgehead atoms. The van der Waals surface area contributed by atoms with Crippen molar-refractivity contribution in [3.63, 3.8) is 0 Å². The van der Waals surface area contributed by atoms with Crippen molar-refractivity contribution in [3.8, 4) is 0 Å². The molecule has 56 valence electrons. The molecule has 1 heterocycles. The molecule has 1 fully saturated rings. The molecule has 1 aliphatic carbocycles. The van der Waals surface area contributed by atoms with Gasteiger partial charge >= 0.3 is 0 Å². The standard InChI is InChI=1S/C8H12ClN/c9-7-3-6-1-2-10-8(4-6)5-7/h5-6,8,10H,1-4H2/t6-,8-/m0/s1. The van der Waals surface area contributed by atoms with Crippen LogP contribution in [0.1, 0.15) is 19.3 Å². The summed E-state index contributed by atoms with van der Waals surface area (Å²) in [5, 5.41) is 4.48. The van der Waals surface area contributed by atoms with E-state index in [1.165, 1.54) is 19.4 Å². The molecule has 1 aliphatic heterocycles. The lowest BCUT2D eigenvalue weighted by atomic mass is 9.85. The summed E-state index contributed by atoms with van der Waals surface area (Å²) in [7, 11) is 0. The van der Waals surface area contributed by atoms with Gasteiger partial charge in [0.25, 0.3) is 0 Å². The molecule has 0 aromatic heterocycles. The first-order chi connectivity index (χ1) is 4.84. The molecule has 0 amide bonds. The van der Waals surface area contributed by atoms with Gasteiger partial charge in [-0.1, -0.05) is 17.7 Å². The van der Waals surface area contributed by atoms with Crippen LogP contribution in [0.2, 0.25) is 0 Å². The zero-order chi connectivity index (χ0) is 6.97. The van der Waals surface area contributed by atoms with Crippen LogP contribution in [0.3, 0.4) is 0 Å². The van der Waals surface area contributed by atoms with Gasteiger partial charge in [0.15, 0.2) is 0 Å². The summed E-state index contributed by atoms with van der Waals surface area (Å²) in [5.74, 6) is 0.865. The maximum atomic E-state index is 5.94. The van der Waals surface area contributed by atoms with Crippen LogP contribution in [0, 0.1) is 5.92 Å². The molecule has 2 heteroatoms. The molecular formula is C8H12ClN. The predicted octanol–water partition coefficient (Wildman–Crippen LogP) is 1.88. The summed E-state index contributed by atoms with van der Waals surface area (Å²) < 4.78 is 0. The van der Waals surface area contributed by atoms with Gasteiger partial charge in [0.1, 0.15) is 0 Å². The molecule has 0 aromatic carbocycles. The van der Waals surface area contributed by atoms with E-state index in [0.717, 1.165) is 17.4 Å². The van der Waals surface area contributed by atoms with Gasteiger partial charge in [0.2, 0.25) is 0 Å². The van der Waals surface area contributed by atoms with Gasteiger partial charge in [0.05, 0.1) is 0 Å². The Kier molecular flexibility index (Phi) is 1.71. The fourth-order valence-corrected chi connectivity index (χ4v) is 2.28. The number of halogens is 1. The van der Waals surface area contributed by atoms with Crippen LogP contribution in [-0.4, -0.2) is 12.6 Å². The first-order valence-corrected chi connectivity index (χ1v) is 4.32. The van der Waals surface area contributed by atoms with E-state index in [4.69, 9.17) is 11.6 Å². The van der Waals surface area contributed by atoms with E-state index in [0.29, 0.717) is 6.04 Å². The number of fused-ring (bicyclic) bond motifs is 2. The number of hydrogen-bond donors (Lipinski definition) is 1. The topological polar surface area (TPSA) is 12.0 Å². The van der Waals surface area contributed by atoms with Gasteiger partial charge in [-0.15, -0.1) is 0 Å². The third kappa shape index (κ3) is 1.21. The zero-order valence-corrected chi connectivity index (χ0v) is 6.69. The maximum absolute atomic E-state index is 5.94. The molecule has 1 saturated heterocycles. The van der Waals surface area contributed by atoms with Crippen molar-refractivity contribution < 1.29 is 0 Å². The highest BCUT2D eigenvalue weighted by Crippen LogP contribution is 2.31. The summed E-state index contributed by atoms with van der Waals surface area (Å²) in [6.07, 6.45) is 5.90. The number of rotatable bonds is 0. The summed E-state index contributed by atoms with van der Waals surface area (Å²) in [5.41, 5.74) is 0. The lowest BCUT2D eigenvalue weighted by molar-refractivity contribution is 0.319. The van der Waals surface area contributed by atoms with Crippen LogP contribution in [0.25, 0.3) is 0 Å². The first-order valence-electron chi connectivity index (χ1n) is 3.94. The zero-order valence-electron chi connectivity index (χ0n) is 5.94. The molecular weight excluding hydrogens is 146 g/mol. The van der Waals surface area contributed by atoms with Crippen LogP contribution < -0.4 is 5.32 Å². The minimum atomic E-state index is 0.583. The van der Waals surface area contributed by atoms with Gasteiger partial charge in [-0.25, -0.2) is 0 Å². The van der Waals surface area contributed by atoms with Crippen molar-refractivity contribution in [2.75, 3.05) is 6.54 Å². The van der Waals surface area contributed by atoms with E-state index in [-0.39, 0.29) is 0 Å². The van der Waals surface area contributed by atoms with Crippen molar-refractivity contribution in [2.45, 2.75) is 25.3 Å². The van der Waals surface area contributed by atoms with E-state index in [1.54, 1.807) is 0 Å². The van der Waals surface area contributed by atoms with Crippen molar-refractivity contribution >= 4 is 11.6 Å². The SMILES string of the molecule is ClC1=C[C@@H]2C[C@@H](CCN2)C1. The second-order valence-corrected chi connectivity index (χ2v) is 3.75. The van der Waals surface area contributed by atoms with E-state index in [2.05, 4.69) is 11.4 Å². The van der Waals surface area contributed by atoms with Crippen molar-refractivity contribution in [3.05, 3.63) is 11.1 Å².